The van der Waals surface area contributed by atoms with Crippen molar-refractivity contribution in [1.29, 1.82) is 0 Å². The number of ether oxygens (including phenoxy) is 4. The van der Waals surface area contributed by atoms with Crippen molar-refractivity contribution >= 4 is 5.91 Å². The fraction of sp³-hybridized carbons (Fsp3) is 0.932. The van der Waals surface area contributed by atoms with Gasteiger partial charge < -0.3 is 65.1 Å². The fourth-order valence-corrected chi connectivity index (χ4v) is 7.64. The van der Waals surface area contributed by atoms with Crippen LogP contribution in [0.5, 0.6) is 0 Å². The van der Waals surface area contributed by atoms with E-state index in [9.17, 15) is 45.6 Å². The van der Waals surface area contributed by atoms with Crippen molar-refractivity contribution in [2.75, 3.05) is 19.8 Å². The predicted octanol–water partition coefficient (Wildman–Crippen LogP) is 4.43. The Hall–Kier alpha value is -1.27. The lowest BCUT2D eigenvalue weighted by Crippen LogP contribution is -2.65. The van der Waals surface area contributed by atoms with Gasteiger partial charge in [0.2, 0.25) is 5.91 Å². The molecule has 2 rings (SSSR count). The molecule has 2 fully saturated rings. The van der Waals surface area contributed by atoms with Crippen LogP contribution in [0.3, 0.4) is 0 Å². The highest BCUT2D eigenvalue weighted by atomic mass is 16.7. The minimum atomic E-state index is -1.78. The maximum atomic E-state index is 13.1. The standard InChI is InChI=1S/C44H83NO13/c1-3-5-7-9-11-13-15-16-17-18-20-22-24-26-28-36(49)45-32(33(48)27-25-23-21-19-14-12-10-8-6-4-2)31-55-43-41(54)39(52)42(35(30-47)57-43)58-44-40(53)38(51)37(50)34(29-46)56-44/h25,27,32-35,37-44,46-48,50-54H,3-24,26,28-31H2,1-2H3,(H,45,49)/b27-25+. The van der Waals surface area contributed by atoms with Crippen LogP contribution < -0.4 is 5.32 Å². The normalized spacial score (nSPS) is 28.9. The van der Waals surface area contributed by atoms with Gasteiger partial charge >= 0.3 is 0 Å². The van der Waals surface area contributed by atoms with Gasteiger partial charge in [-0.15, -0.1) is 0 Å². The quantitative estimate of drug-likeness (QED) is 0.0324. The Kier molecular flexibility index (Phi) is 29.6. The Balaban J connectivity index is 1.89. The number of allylic oxidation sites excluding steroid dienone is 1. The Labute approximate surface area is 348 Å². The van der Waals surface area contributed by atoms with E-state index >= 15 is 0 Å². The van der Waals surface area contributed by atoms with Crippen molar-refractivity contribution in [2.45, 2.75) is 242 Å². The largest absolute Gasteiger partial charge is 0.394 e. The molecule has 0 saturated carbocycles. The number of unbranched alkanes of at least 4 members (excludes halogenated alkanes) is 21. The molecule has 12 atom stereocenters. The monoisotopic (exact) mass is 834 g/mol. The van der Waals surface area contributed by atoms with Gasteiger partial charge in [0.15, 0.2) is 12.6 Å². The minimum absolute atomic E-state index is 0.241. The molecular weight excluding hydrogens is 750 g/mol. The van der Waals surface area contributed by atoms with E-state index in [1.807, 2.05) is 6.08 Å². The SMILES string of the molecule is CCCCCCCCCC/C=C/C(O)C(COC1OC(CO)C(OC2OC(CO)C(O)C(O)C2O)C(O)C1O)NC(=O)CCCCCCCCCCCCCCCC. The fourth-order valence-electron chi connectivity index (χ4n) is 7.64. The summed E-state index contributed by atoms with van der Waals surface area (Å²) < 4.78 is 22.6. The van der Waals surface area contributed by atoms with Gasteiger partial charge in [0.1, 0.15) is 48.8 Å². The molecule has 2 heterocycles. The van der Waals surface area contributed by atoms with Crippen molar-refractivity contribution in [1.82, 2.24) is 5.32 Å². The second-order valence-electron chi connectivity index (χ2n) is 16.5. The highest BCUT2D eigenvalue weighted by molar-refractivity contribution is 5.76. The number of aliphatic hydroxyl groups is 8. The van der Waals surface area contributed by atoms with Gasteiger partial charge in [-0.05, 0) is 19.3 Å². The van der Waals surface area contributed by atoms with Crippen LogP contribution in [0.1, 0.15) is 168 Å². The molecule has 14 heteroatoms. The number of amides is 1. The van der Waals surface area contributed by atoms with E-state index in [4.69, 9.17) is 18.9 Å². The second-order valence-corrected chi connectivity index (χ2v) is 16.5. The van der Waals surface area contributed by atoms with Gasteiger partial charge in [0.05, 0.1) is 32.0 Å². The second kappa shape index (κ2) is 32.4. The number of rotatable bonds is 34. The van der Waals surface area contributed by atoms with E-state index in [1.54, 1.807) is 6.08 Å². The molecule has 342 valence electrons. The Morgan fingerprint density at radius 3 is 1.59 bits per heavy atom. The molecule has 2 aliphatic heterocycles. The summed E-state index contributed by atoms with van der Waals surface area (Å²) >= 11 is 0. The van der Waals surface area contributed by atoms with Gasteiger partial charge in [-0.1, -0.05) is 154 Å². The number of carbonyl (C=O) groups excluding carboxylic acids is 1. The number of nitrogens with one attached hydrogen (secondary N) is 1. The third kappa shape index (κ3) is 20.5. The molecule has 1 amide bonds. The van der Waals surface area contributed by atoms with Crippen molar-refractivity contribution in [3.05, 3.63) is 12.2 Å². The zero-order valence-corrected chi connectivity index (χ0v) is 35.8. The highest BCUT2D eigenvalue weighted by Crippen LogP contribution is 2.30. The molecule has 9 N–H and O–H groups in total. The third-order valence-corrected chi connectivity index (χ3v) is 11.5. The maximum Gasteiger partial charge on any atom is 0.220 e. The molecule has 0 aliphatic carbocycles. The molecule has 0 spiro atoms. The number of aliphatic hydroxyl groups excluding tert-OH is 8. The van der Waals surface area contributed by atoms with Crippen LogP contribution in [0.15, 0.2) is 12.2 Å². The summed E-state index contributed by atoms with van der Waals surface area (Å²) in [6.45, 7) is 2.74. The molecule has 2 saturated heterocycles. The van der Waals surface area contributed by atoms with E-state index in [-0.39, 0.29) is 18.9 Å². The van der Waals surface area contributed by atoms with Crippen molar-refractivity contribution in [3.63, 3.8) is 0 Å². The molecule has 0 aromatic rings. The average molecular weight is 834 g/mol. The van der Waals surface area contributed by atoms with Crippen LogP contribution >= 0.6 is 0 Å². The molecular formula is C44H83NO13. The van der Waals surface area contributed by atoms with Crippen LogP contribution in [0.25, 0.3) is 0 Å². The maximum absolute atomic E-state index is 13.1. The van der Waals surface area contributed by atoms with Crippen LogP contribution in [0.2, 0.25) is 0 Å². The first-order valence-corrected chi connectivity index (χ1v) is 22.9. The molecule has 0 radical (unpaired) electrons. The van der Waals surface area contributed by atoms with E-state index in [2.05, 4.69) is 19.2 Å². The minimum Gasteiger partial charge on any atom is -0.394 e. The van der Waals surface area contributed by atoms with Crippen LogP contribution in [0.4, 0.5) is 0 Å². The summed E-state index contributed by atoms with van der Waals surface area (Å²) in [5.74, 6) is -0.241. The van der Waals surface area contributed by atoms with Crippen molar-refractivity contribution in [2.24, 2.45) is 0 Å². The first-order valence-electron chi connectivity index (χ1n) is 22.9. The van der Waals surface area contributed by atoms with E-state index in [0.29, 0.717) is 6.42 Å². The van der Waals surface area contributed by atoms with Crippen LogP contribution in [-0.4, -0.2) is 140 Å². The van der Waals surface area contributed by atoms with E-state index < -0.39 is 86.8 Å². The first-order chi connectivity index (χ1) is 28.1. The van der Waals surface area contributed by atoms with Gasteiger partial charge in [0.25, 0.3) is 0 Å². The highest BCUT2D eigenvalue weighted by Gasteiger charge is 2.50. The van der Waals surface area contributed by atoms with E-state index in [1.165, 1.54) is 103 Å². The number of carbonyl (C=O) groups is 1. The van der Waals surface area contributed by atoms with Crippen molar-refractivity contribution < 1.29 is 64.6 Å². The zero-order valence-electron chi connectivity index (χ0n) is 35.8. The Morgan fingerprint density at radius 1 is 0.603 bits per heavy atom. The zero-order chi connectivity index (χ0) is 42.5. The predicted molar refractivity (Wildman–Crippen MR) is 222 cm³/mol. The molecule has 12 unspecified atom stereocenters. The lowest BCUT2D eigenvalue weighted by molar-refractivity contribution is -0.359. The van der Waals surface area contributed by atoms with Crippen LogP contribution in [0, 0.1) is 0 Å². The summed E-state index contributed by atoms with van der Waals surface area (Å²) in [6, 6.07) is -0.905. The Morgan fingerprint density at radius 2 is 1.07 bits per heavy atom. The van der Waals surface area contributed by atoms with Gasteiger partial charge in [-0.3, -0.25) is 4.79 Å². The molecule has 14 nitrogen and oxygen atoms in total. The first kappa shape index (κ1) is 52.9. The number of hydrogen-bond donors (Lipinski definition) is 9. The average Bonchev–Trinajstić information content (AvgIpc) is 3.22. The van der Waals surface area contributed by atoms with Gasteiger partial charge in [-0.2, -0.15) is 0 Å². The lowest BCUT2D eigenvalue weighted by Gasteiger charge is -2.46. The lowest BCUT2D eigenvalue weighted by atomic mass is 9.97. The summed E-state index contributed by atoms with van der Waals surface area (Å²) in [6.07, 6.45) is 14.1. The molecule has 0 aromatic carbocycles. The van der Waals surface area contributed by atoms with Gasteiger partial charge in [0, 0.05) is 6.42 Å². The Bertz CT molecular complexity index is 1040. The summed E-state index contributed by atoms with van der Waals surface area (Å²) in [5.41, 5.74) is 0. The van der Waals surface area contributed by atoms with Crippen molar-refractivity contribution in [3.8, 4) is 0 Å². The topological polar surface area (TPSA) is 228 Å². The number of hydrogen-bond acceptors (Lipinski definition) is 13. The van der Waals surface area contributed by atoms with Gasteiger partial charge in [-0.25, -0.2) is 0 Å². The van der Waals surface area contributed by atoms with Crippen LogP contribution in [-0.2, 0) is 23.7 Å². The third-order valence-electron chi connectivity index (χ3n) is 11.5. The molecule has 0 bridgehead atoms. The summed E-state index contributed by atoms with van der Waals surface area (Å²) in [4.78, 5) is 13.1. The molecule has 0 aromatic heterocycles. The summed E-state index contributed by atoms with van der Waals surface area (Å²) in [5, 5.41) is 86.3. The van der Waals surface area contributed by atoms with E-state index in [0.717, 1.165) is 38.5 Å². The smallest absolute Gasteiger partial charge is 0.220 e. The summed E-state index contributed by atoms with van der Waals surface area (Å²) in [7, 11) is 0. The molecule has 2 aliphatic rings. The molecule has 58 heavy (non-hydrogen) atoms.